The molecule has 1 heterocycles. The van der Waals surface area contributed by atoms with Gasteiger partial charge in [0.15, 0.2) is 0 Å². The van der Waals surface area contributed by atoms with Crippen molar-refractivity contribution in [2.24, 2.45) is 5.92 Å². The largest absolute Gasteiger partial charge is 0.345 e. The first-order valence-electron chi connectivity index (χ1n) is 6.54. The topological polar surface area (TPSA) is 42.0 Å². The summed E-state index contributed by atoms with van der Waals surface area (Å²) in [6, 6.07) is 1.19. The van der Waals surface area contributed by atoms with Crippen LogP contribution < -0.4 is 5.32 Å². The highest BCUT2D eigenvalue weighted by Gasteiger charge is 2.35. The van der Waals surface area contributed by atoms with Crippen LogP contribution in [-0.4, -0.2) is 22.3 Å². The number of amides is 1. The molecular formula is C14H18ClFN2O. The molecule has 1 fully saturated rings. The van der Waals surface area contributed by atoms with Crippen molar-refractivity contribution in [3.8, 4) is 0 Å². The highest BCUT2D eigenvalue weighted by molar-refractivity contribution is 6.19. The van der Waals surface area contributed by atoms with Gasteiger partial charge in [-0.25, -0.2) is 4.39 Å². The van der Waals surface area contributed by atoms with E-state index in [1.807, 2.05) is 0 Å². The Morgan fingerprint density at radius 2 is 2.21 bits per heavy atom. The normalized spacial score (nSPS) is 27.0. The third kappa shape index (κ3) is 3.44. The third-order valence-electron chi connectivity index (χ3n) is 3.83. The molecule has 1 aromatic heterocycles. The fourth-order valence-electron chi connectivity index (χ4n) is 2.46. The quantitative estimate of drug-likeness (QED) is 0.867. The lowest BCUT2D eigenvalue weighted by atomic mass is 9.78. The van der Waals surface area contributed by atoms with E-state index in [-0.39, 0.29) is 17.0 Å². The van der Waals surface area contributed by atoms with Gasteiger partial charge in [0, 0.05) is 12.1 Å². The van der Waals surface area contributed by atoms with Crippen molar-refractivity contribution in [2.75, 3.05) is 5.88 Å². The monoisotopic (exact) mass is 284 g/mol. The van der Waals surface area contributed by atoms with Crippen molar-refractivity contribution in [3.63, 3.8) is 0 Å². The van der Waals surface area contributed by atoms with Crippen molar-refractivity contribution < 1.29 is 9.18 Å². The van der Waals surface area contributed by atoms with E-state index in [1.54, 1.807) is 0 Å². The Kier molecular flexibility index (Phi) is 4.40. The Labute approximate surface area is 117 Å². The summed E-state index contributed by atoms with van der Waals surface area (Å²) in [4.78, 5) is 15.8. The molecule has 0 atom stereocenters. The van der Waals surface area contributed by atoms with Crippen LogP contribution in [0.5, 0.6) is 0 Å². The third-order valence-corrected chi connectivity index (χ3v) is 4.34. The molecule has 3 nitrogen and oxygen atoms in total. The zero-order valence-corrected chi connectivity index (χ0v) is 11.7. The van der Waals surface area contributed by atoms with Gasteiger partial charge in [0.2, 0.25) is 0 Å². The van der Waals surface area contributed by atoms with E-state index in [2.05, 4.69) is 17.2 Å². The number of carbonyl (C=O) groups excluding carboxylic acids is 1. The maximum absolute atomic E-state index is 13.1. The minimum atomic E-state index is -0.509. The Morgan fingerprint density at radius 1 is 1.53 bits per heavy atom. The average Bonchev–Trinajstić information content (AvgIpc) is 2.42. The molecule has 0 aliphatic heterocycles. The van der Waals surface area contributed by atoms with E-state index in [0.29, 0.717) is 11.8 Å². The maximum Gasteiger partial charge on any atom is 0.253 e. The zero-order valence-electron chi connectivity index (χ0n) is 11.0. The molecule has 0 saturated heterocycles. The summed E-state index contributed by atoms with van der Waals surface area (Å²) >= 11 is 6.04. The lowest BCUT2D eigenvalue weighted by molar-refractivity contribution is 0.0871. The Balaban J connectivity index is 2.08. The van der Waals surface area contributed by atoms with Crippen molar-refractivity contribution in [2.45, 2.75) is 38.1 Å². The van der Waals surface area contributed by atoms with Gasteiger partial charge in [0.05, 0.1) is 17.3 Å². The number of nitrogens with one attached hydrogen (secondary N) is 1. The van der Waals surface area contributed by atoms with Crippen LogP contribution in [0, 0.1) is 11.7 Å². The highest BCUT2D eigenvalue weighted by atomic mass is 35.5. The molecule has 1 amide bonds. The van der Waals surface area contributed by atoms with Gasteiger partial charge in [-0.2, -0.15) is 0 Å². The molecule has 0 radical (unpaired) electrons. The second kappa shape index (κ2) is 5.87. The van der Waals surface area contributed by atoms with Crippen LogP contribution >= 0.6 is 11.6 Å². The Morgan fingerprint density at radius 3 is 2.79 bits per heavy atom. The van der Waals surface area contributed by atoms with Crippen molar-refractivity contribution in [3.05, 3.63) is 29.8 Å². The molecule has 5 heteroatoms. The highest BCUT2D eigenvalue weighted by Crippen LogP contribution is 2.33. The standard InChI is InChI=1S/C14H18ClFN2O/c1-10-2-4-14(9-15,5-3-10)18-13(19)11-6-12(16)8-17-7-11/h6-8,10H,2-5,9H2,1H3,(H,18,19). The molecule has 1 aliphatic carbocycles. The number of carbonyl (C=O) groups is 1. The van der Waals surface area contributed by atoms with Gasteiger partial charge in [0.25, 0.3) is 5.91 Å². The molecule has 1 aliphatic rings. The van der Waals surface area contributed by atoms with Gasteiger partial charge in [-0.05, 0) is 37.7 Å². The van der Waals surface area contributed by atoms with Crippen LogP contribution in [0.4, 0.5) is 4.39 Å². The lowest BCUT2D eigenvalue weighted by Gasteiger charge is -2.38. The summed E-state index contributed by atoms with van der Waals surface area (Å²) in [6.45, 7) is 2.20. The van der Waals surface area contributed by atoms with Crippen LogP contribution in [0.15, 0.2) is 18.5 Å². The number of alkyl halides is 1. The Bertz CT molecular complexity index is 459. The summed E-state index contributed by atoms with van der Waals surface area (Å²) in [6.07, 6.45) is 6.28. The molecule has 0 spiro atoms. The van der Waals surface area contributed by atoms with Crippen LogP contribution in [0.3, 0.4) is 0 Å². The van der Waals surface area contributed by atoms with E-state index in [4.69, 9.17) is 11.6 Å². The number of pyridine rings is 1. The number of halogens is 2. The van der Waals surface area contributed by atoms with Crippen molar-refractivity contribution in [1.29, 1.82) is 0 Å². The number of hydrogen-bond donors (Lipinski definition) is 1. The minimum Gasteiger partial charge on any atom is -0.345 e. The first kappa shape index (κ1) is 14.3. The van der Waals surface area contributed by atoms with Crippen LogP contribution in [0.25, 0.3) is 0 Å². The molecule has 104 valence electrons. The summed E-state index contributed by atoms with van der Waals surface area (Å²) in [5.74, 6) is 0.241. The predicted molar refractivity (Wildman–Crippen MR) is 72.7 cm³/mol. The van der Waals surface area contributed by atoms with Gasteiger partial charge in [-0.15, -0.1) is 11.6 Å². The summed E-state index contributed by atoms with van der Waals surface area (Å²) in [7, 11) is 0. The number of hydrogen-bond acceptors (Lipinski definition) is 2. The van der Waals surface area contributed by atoms with Gasteiger partial charge < -0.3 is 5.32 Å². The zero-order chi connectivity index (χ0) is 13.9. The number of aromatic nitrogens is 1. The molecule has 0 aromatic carbocycles. The first-order valence-corrected chi connectivity index (χ1v) is 7.07. The Hall–Kier alpha value is -1.16. The molecule has 2 rings (SSSR count). The minimum absolute atomic E-state index is 0.239. The van der Waals surface area contributed by atoms with E-state index >= 15 is 0 Å². The van der Waals surface area contributed by atoms with Crippen LogP contribution in [0.1, 0.15) is 43.0 Å². The van der Waals surface area contributed by atoms with E-state index in [1.165, 1.54) is 12.3 Å². The lowest BCUT2D eigenvalue weighted by Crippen LogP contribution is -2.52. The molecule has 0 bridgehead atoms. The molecule has 0 unspecified atom stereocenters. The van der Waals surface area contributed by atoms with Gasteiger partial charge in [0.1, 0.15) is 5.82 Å². The molecule has 19 heavy (non-hydrogen) atoms. The summed E-state index contributed by atoms with van der Waals surface area (Å²) < 4.78 is 13.1. The molecule has 1 saturated carbocycles. The molecule has 1 aromatic rings. The van der Waals surface area contributed by atoms with Gasteiger partial charge in [-0.1, -0.05) is 6.92 Å². The SMILES string of the molecule is CC1CCC(CCl)(NC(=O)c2cncc(F)c2)CC1. The molecule has 1 N–H and O–H groups in total. The molecular weight excluding hydrogens is 267 g/mol. The van der Waals surface area contributed by atoms with E-state index < -0.39 is 5.82 Å². The second-order valence-corrected chi connectivity index (χ2v) is 5.71. The predicted octanol–water partition coefficient (Wildman–Crippen LogP) is 3.14. The first-order chi connectivity index (χ1) is 9.04. The fraction of sp³-hybridized carbons (Fsp3) is 0.571. The average molecular weight is 285 g/mol. The van der Waals surface area contributed by atoms with Crippen molar-refractivity contribution >= 4 is 17.5 Å². The van der Waals surface area contributed by atoms with Crippen LogP contribution in [0.2, 0.25) is 0 Å². The number of rotatable bonds is 3. The summed E-state index contributed by atoms with van der Waals surface area (Å²) in [5.41, 5.74) is -0.125. The van der Waals surface area contributed by atoms with Gasteiger partial charge >= 0.3 is 0 Å². The van der Waals surface area contributed by atoms with E-state index in [9.17, 15) is 9.18 Å². The number of nitrogens with zero attached hydrogens (tertiary/aromatic N) is 1. The second-order valence-electron chi connectivity index (χ2n) is 5.44. The van der Waals surface area contributed by atoms with Crippen molar-refractivity contribution in [1.82, 2.24) is 10.3 Å². The maximum atomic E-state index is 13.1. The van der Waals surface area contributed by atoms with Crippen LogP contribution in [-0.2, 0) is 0 Å². The smallest absolute Gasteiger partial charge is 0.253 e. The summed E-state index contributed by atoms with van der Waals surface area (Å²) in [5, 5.41) is 2.97. The van der Waals surface area contributed by atoms with Gasteiger partial charge in [-0.3, -0.25) is 9.78 Å². The van der Waals surface area contributed by atoms with E-state index in [0.717, 1.165) is 31.9 Å². The fourth-order valence-corrected chi connectivity index (χ4v) is 2.79.